The van der Waals surface area contributed by atoms with Crippen LogP contribution >= 0.6 is 0 Å². The van der Waals surface area contributed by atoms with Gasteiger partial charge in [0.15, 0.2) is 0 Å². The highest BCUT2D eigenvalue weighted by atomic mass is 16.6. The number of amides is 2. The number of hydrogen-bond donors (Lipinski definition) is 1. The van der Waals surface area contributed by atoms with Crippen LogP contribution in [-0.2, 0) is 9.53 Å². The number of ether oxygens (including phenoxy) is 1. The first-order valence-electron chi connectivity index (χ1n) is 9.08. The maximum Gasteiger partial charge on any atom is 0.409 e. The number of carbonyl (C=O) groups is 2. The second kappa shape index (κ2) is 7.76. The van der Waals surface area contributed by atoms with Crippen molar-refractivity contribution in [3.05, 3.63) is 24.3 Å². The van der Waals surface area contributed by atoms with Gasteiger partial charge in [-0.1, -0.05) is 6.92 Å². The Bertz CT molecular complexity index is 609. The summed E-state index contributed by atoms with van der Waals surface area (Å²) in [6, 6.07) is 8.04. The van der Waals surface area contributed by atoms with Crippen LogP contribution in [-0.4, -0.2) is 49.7 Å². The van der Waals surface area contributed by atoms with E-state index >= 15 is 0 Å². The molecule has 0 spiro atoms. The zero-order valence-electron chi connectivity index (χ0n) is 15.0. The molecule has 2 aliphatic heterocycles. The molecule has 2 aliphatic rings. The Kier molecular flexibility index (Phi) is 5.46. The number of benzene rings is 1. The normalized spacial score (nSPS) is 21.4. The molecule has 25 heavy (non-hydrogen) atoms. The summed E-state index contributed by atoms with van der Waals surface area (Å²) in [4.78, 5) is 27.3. The zero-order valence-corrected chi connectivity index (χ0v) is 15.0. The molecule has 1 aromatic rings. The number of nitrogens with one attached hydrogen (secondary N) is 1. The smallest absolute Gasteiger partial charge is 0.409 e. The lowest BCUT2D eigenvalue weighted by atomic mass is 9.99. The minimum absolute atomic E-state index is 0.0508. The van der Waals surface area contributed by atoms with Gasteiger partial charge in [0.05, 0.1) is 6.54 Å². The average molecular weight is 345 g/mol. The highest BCUT2D eigenvalue weighted by Gasteiger charge is 2.28. The van der Waals surface area contributed by atoms with E-state index < -0.39 is 0 Å². The Morgan fingerprint density at radius 2 is 1.92 bits per heavy atom. The first-order chi connectivity index (χ1) is 12.0. The predicted octanol–water partition coefficient (Wildman–Crippen LogP) is 3.09. The number of anilines is 2. The van der Waals surface area contributed by atoms with Gasteiger partial charge in [-0.25, -0.2) is 4.79 Å². The predicted molar refractivity (Wildman–Crippen MR) is 97.8 cm³/mol. The summed E-state index contributed by atoms with van der Waals surface area (Å²) in [5, 5.41) is 2.91. The van der Waals surface area contributed by atoms with Crippen molar-refractivity contribution in [3.63, 3.8) is 0 Å². The molecule has 1 atom stereocenters. The average Bonchev–Trinajstić information content (AvgIpc) is 2.93. The molecular formula is C19H27N3O3. The molecular weight excluding hydrogens is 318 g/mol. The van der Waals surface area contributed by atoms with Gasteiger partial charge in [0, 0.05) is 37.9 Å². The molecule has 1 aromatic carbocycles. The second-order valence-corrected chi connectivity index (χ2v) is 7.19. The van der Waals surface area contributed by atoms with Crippen LogP contribution in [0.4, 0.5) is 16.2 Å². The van der Waals surface area contributed by atoms with Crippen LogP contribution in [0.5, 0.6) is 0 Å². The van der Waals surface area contributed by atoms with E-state index in [4.69, 9.17) is 4.74 Å². The van der Waals surface area contributed by atoms with Crippen molar-refractivity contribution in [2.75, 3.05) is 36.9 Å². The van der Waals surface area contributed by atoms with Gasteiger partial charge in [-0.2, -0.15) is 0 Å². The third-order valence-electron chi connectivity index (χ3n) is 5.05. The van der Waals surface area contributed by atoms with E-state index in [-0.39, 0.29) is 18.1 Å². The van der Waals surface area contributed by atoms with Crippen molar-refractivity contribution in [2.45, 2.75) is 38.7 Å². The van der Waals surface area contributed by atoms with Crippen LogP contribution in [0.2, 0.25) is 0 Å². The molecule has 0 aromatic heterocycles. The lowest BCUT2D eigenvalue weighted by Crippen LogP contribution is -2.32. The van der Waals surface area contributed by atoms with Crippen molar-refractivity contribution in [2.24, 2.45) is 5.92 Å². The number of nitrogens with zero attached hydrogens (tertiary/aromatic N) is 2. The van der Waals surface area contributed by atoms with Crippen LogP contribution in [0.25, 0.3) is 0 Å². The molecule has 6 heteroatoms. The maximum absolute atomic E-state index is 12.1. The summed E-state index contributed by atoms with van der Waals surface area (Å²) in [5.41, 5.74) is 2.02. The maximum atomic E-state index is 12.1. The van der Waals surface area contributed by atoms with E-state index in [2.05, 4.69) is 29.3 Å². The second-order valence-electron chi connectivity index (χ2n) is 7.19. The Balaban J connectivity index is 1.45. The van der Waals surface area contributed by atoms with Crippen molar-refractivity contribution in [1.29, 1.82) is 0 Å². The highest BCUT2D eigenvalue weighted by molar-refractivity contribution is 5.90. The van der Waals surface area contributed by atoms with Gasteiger partial charge in [-0.3, -0.25) is 4.79 Å². The summed E-state index contributed by atoms with van der Waals surface area (Å²) >= 11 is 0. The summed E-state index contributed by atoms with van der Waals surface area (Å²) < 4.78 is 5.17. The SMILES string of the molecule is CC1CCN(c2ccc(NC(=O)CCC3CN(C)C(=O)O3)cc2)CC1. The number of carbonyl (C=O) groups excluding carboxylic acids is 2. The molecule has 2 fully saturated rings. The molecule has 0 bridgehead atoms. The van der Waals surface area contributed by atoms with Crippen LogP contribution in [0.15, 0.2) is 24.3 Å². The van der Waals surface area contributed by atoms with Crippen LogP contribution in [0.3, 0.4) is 0 Å². The molecule has 0 saturated carbocycles. The topological polar surface area (TPSA) is 61.9 Å². The third-order valence-corrected chi connectivity index (χ3v) is 5.05. The Morgan fingerprint density at radius 1 is 1.24 bits per heavy atom. The van der Waals surface area contributed by atoms with Gasteiger partial charge in [-0.05, 0) is 49.4 Å². The Hall–Kier alpha value is -2.24. The van der Waals surface area contributed by atoms with E-state index in [0.29, 0.717) is 19.4 Å². The van der Waals surface area contributed by atoms with Gasteiger partial charge in [0.1, 0.15) is 6.10 Å². The van der Waals surface area contributed by atoms with Gasteiger partial charge in [-0.15, -0.1) is 0 Å². The van der Waals surface area contributed by atoms with Gasteiger partial charge >= 0.3 is 6.09 Å². The summed E-state index contributed by atoms with van der Waals surface area (Å²) in [5.74, 6) is 0.763. The fraction of sp³-hybridized carbons (Fsp3) is 0.579. The Labute approximate surface area is 149 Å². The molecule has 1 N–H and O–H groups in total. The third kappa shape index (κ3) is 4.65. The standard InChI is InChI=1S/C19H27N3O3/c1-14-9-11-22(12-10-14)16-5-3-15(4-6-16)20-18(23)8-7-17-13-21(2)19(24)25-17/h3-6,14,17H,7-13H2,1-2H3,(H,20,23). The molecule has 3 rings (SSSR count). The van der Waals surface area contributed by atoms with E-state index in [0.717, 1.165) is 24.7 Å². The number of rotatable bonds is 5. The Morgan fingerprint density at radius 3 is 2.52 bits per heavy atom. The quantitative estimate of drug-likeness (QED) is 0.891. The van der Waals surface area contributed by atoms with Crippen molar-refractivity contribution >= 4 is 23.4 Å². The molecule has 0 radical (unpaired) electrons. The van der Waals surface area contributed by atoms with Gasteiger partial charge in [0.25, 0.3) is 0 Å². The van der Waals surface area contributed by atoms with Crippen molar-refractivity contribution < 1.29 is 14.3 Å². The van der Waals surface area contributed by atoms with E-state index in [1.807, 2.05) is 12.1 Å². The van der Waals surface area contributed by atoms with Crippen LogP contribution in [0.1, 0.15) is 32.6 Å². The van der Waals surface area contributed by atoms with E-state index in [1.165, 1.54) is 23.4 Å². The first-order valence-corrected chi connectivity index (χ1v) is 9.08. The summed E-state index contributed by atoms with van der Waals surface area (Å²) in [6.45, 7) is 5.05. The molecule has 2 amide bonds. The van der Waals surface area contributed by atoms with Crippen molar-refractivity contribution in [1.82, 2.24) is 4.90 Å². The zero-order chi connectivity index (χ0) is 17.8. The molecule has 1 unspecified atom stereocenters. The monoisotopic (exact) mass is 345 g/mol. The summed E-state index contributed by atoms with van der Waals surface area (Å²) in [6.07, 6.45) is 2.86. The molecule has 6 nitrogen and oxygen atoms in total. The first kappa shape index (κ1) is 17.6. The lowest BCUT2D eigenvalue weighted by molar-refractivity contribution is -0.116. The lowest BCUT2D eigenvalue weighted by Gasteiger charge is -2.32. The molecule has 136 valence electrons. The molecule has 0 aliphatic carbocycles. The molecule has 2 heterocycles. The number of likely N-dealkylation sites (N-methyl/N-ethyl adjacent to an activating group) is 1. The van der Waals surface area contributed by atoms with E-state index in [1.54, 1.807) is 7.05 Å². The molecule has 2 saturated heterocycles. The minimum Gasteiger partial charge on any atom is -0.444 e. The fourth-order valence-corrected chi connectivity index (χ4v) is 3.34. The van der Waals surface area contributed by atoms with Gasteiger partial charge in [0.2, 0.25) is 5.91 Å². The number of hydrogen-bond acceptors (Lipinski definition) is 4. The van der Waals surface area contributed by atoms with Crippen LogP contribution in [0, 0.1) is 5.92 Å². The fourth-order valence-electron chi connectivity index (χ4n) is 3.34. The van der Waals surface area contributed by atoms with Crippen LogP contribution < -0.4 is 10.2 Å². The number of cyclic esters (lactones) is 1. The highest BCUT2D eigenvalue weighted by Crippen LogP contribution is 2.24. The number of piperidine rings is 1. The van der Waals surface area contributed by atoms with Crippen molar-refractivity contribution in [3.8, 4) is 0 Å². The largest absolute Gasteiger partial charge is 0.444 e. The minimum atomic E-state index is -0.312. The van der Waals surface area contributed by atoms with Gasteiger partial charge < -0.3 is 19.9 Å². The van der Waals surface area contributed by atoms with E-state index in [9.17, 15) is 9.59 Å². The summed E-state index contributed by atoms with van der Waals surface area (Å²) in [7, 11) is 1.70.